The Balaban J connectivity index is 1.70. The van der Waals surface area contributed by atoms with E-state index in [0.717, 1.165) is 23.3 Å². The number of fused-ring (bicyclic) bond motifs is 1. The van der Waals surface area contributed by atoms with Crippen LogP contribution in [0.3, 0.4) is 0 Å². The highest BCUT2D eigenvalue weighted by Gasteiger charge is 2.28. The lowest BCUT2D eigenvalue weighted by Crippen LogP contribution is -2.40. The lowest BCUT2D eigenvalue weighted by Gasteiger charge is -2.38. The minimum atomic E-state index is 0.361. The Kier molecular flexibility index (Phi) is 3.19. The van der Waals surface area contributed by atoms with Gasteiger partial charge in [-0.1, -0.05) is 6.92 Å². The van der Waals surface area contributed by atoms with E-state index < -0.39 is 0 Å². The molecular formula is C15H21N3O. The molecule has 19 heavy (non-hydrogen) atoms. The van der Waals surface area contributed by atoms with Crippen molar-refractivity contribution in [3.05, 3.63) is 24.6 Å². The van der Waals surface area contributed by atoms with Crippen LogP contribution in [0, 0.1) is 5.41 Å². The van der Waals surface area contributed by atoms with Crippen molar-refractivity contribution in [2.45, 2.75) is 19.8 Å². The van der Waals surface area contributed by atoms with Crippen molar-refractivity contribution in [3.8, 4) is 0 Å². The van der Waals surface area contributed by atoms with Crippen molar-refractivity contribution >= 4 is 16.8 Å². The average Bonchev–Trinajstić information content (AvgIpc) is 2.89. The Morgan fingerprint density at radius 3 is 2.95 bits per heavy atom. The van der Waals surface area contributed by atoms with Crippen LogP contribution in [0.4, 0.5) is 5.82 Å². The molecule has 1 aliphatic heterocycles. The van der Waals surface area contributed by atoms with Crippen LogP contribution >= 0.6 is 0 Å². The first-order chi connectivity index (χ1) is 9.16. The smallest absolute Gasteiger partial charge is 0.139 e. The van der Waals surface area contributed by atoms with Gasteiger partial charge in [-0.15, -0.1) is 0 Å². The number of piperidine rings is 1. The van der Waals surface area contributed by atoms with Gasteiger partial charge in [0.2, 0.25) is 0 Å². The van der Waals surface area contributed by atoms with Crippen LogP contribution in [0.2, 0.25) is 0 Å². The predicted octanol–water partition coefficient (Wildman–Crippen LogP) is 2.97. The number of likely N-dealkylation sites (tertiary alicyclic amines) is 1. The zero-order chi connectivity index (χ0) is 13.3. The lowest BCUT2D eigenvalue weighted by molar-refractivity contribution is 0.150. The molecule has 2 aromatic rings. The van der Waals surface area contributed by atoms with E-state index in [0.29, 0.717) is 5.41 Å². The van der Waals surface area contributed by atoms with Gasteiger partial charge in [0.25, 0.3) is 0 Å². The molecule has 3 rings (SSSR count). The van der Waals surface area contributed by atoms with Gasteiger partial charge >= 0.3 is 0 Å². The maximum Gasteiger partial charge on any atom is 0.139 e. The van der Waals surface area contributed by atoms with Crippen LogP contribution in [0.15, 0.2) is 29.0 Å². The summed E-state index contributed by atoms with van der Waals surface area (Å²) in [6, 6.07) is 3.87. The van der Waals surface area contributed by atoms with Crippen molar-refractivity contribution in [3.63, 3.8) is 0 Å². The van der Waals surface area contributed by atoms with Crippen molar-refractivity contribution in [2.24, 2.45) is 5.41 Å². The number of hydrogen-bond acceptors (Lipinski definition) is 4. The van der Waals surface area contributed by atoms with Crippen LogP contribution in [0.5, 0.6) is 0 Å². The van der Waals surface area contributed by atoms with Crippen molar-refractivity contribution in [1.29, 1.82) is 0 Å². The number of nitrogens with zero attached hydrogens (tertiary/aromatic N) is 2. The minimum absolute atomic E-state index is 0.361. The molecule has 0 unspecified atom stereocenters. The van der Waals surface area contributed by atoms with Crippen LogP contribution in [-0.4, -0.2) is 36.6 Å². The van der Waals surface area contributed by atoms with Gasteiger partial charge in [0.15, 0.2) is 0 Å². The SMILES string of the molecule is CN1CCC(C)(CNc2nccc3occc23)CC1. The van der Waals surface area contributed by atoms with E-state index in [1.54, 1.807) is 12.5 Å². The molecule has 1 saturated heterocycles. The Morgan fingerprint density at radius 2 is 2.16 bits per heavy atom. The maximum atomic E-state index is 5.40. The van der Waals surface area contributed by atoms with Gasteiger partial charge in [0.1, 0.15) is 11.4 Å². The Labute approximate surface area is 113 Å². The monoisotopic (exact) mass is 259 g/mol. The topological polar surface area (TPSA) is 41.3 Å². The molecule has 102 valence electrons. The fourth-order valence-corrected chi connectivity index (χ4v) is 2.67. The van der Waals surface area contributed by atoms with Gasteiger partial charge in [-0.2, -0.15) is 0 Å². The summed E-state index contributed by atoms with van der Waals surface area (Å²) in [5.74, 6) is 0.936. The first kappa shape index (κ1) is 12.5. The van der Waals surface area contributed by atoms with E-state index in [2.05, 4.69) is 29.2 Å². The summed E-state index contributed by atoms with van der Waals surface area (Å²) in [5.41, 5.74) is 1.26. The zero-order valence-electron chi connectivity index (χ0n) is 11.6. The van der Waals surface area contributed by atoms with Gasteiger partial charge in [0, 0.05) is 12.7 Å². The third kappa shape index (κ3) is 2.59. The number of hydrogen-bond donors (Lipinski definition) is 1. The van der Waals surface area contributed by atoms with E-state index >= 15 is 0 Å². The van der Waals surface area contributed by atoms with Gasteiger partial charge in [-0.3, -0.25) is 0 Å². The second-order valence-corrected chi connectivity index (χ2v) is 5.96. The number of rotatable bonds is 3. The Hall–Kier alpha value is -1.55. The number of anilines is 1. The van der Waals surface area contributed by atoms with Crippen molar-refractivity contribution in [1.82, 2.24) is 9.88 Å². The Bertz CT molecular complexity index is 555. The molecule has 4 nitrogen and oxygen atoms in total. The predicted molar refractivity (Wildman–Crippen MR) is 77.3 cm³/mol. The molecule has 0 amide bonds. The number of furan rings is 1. The highest BCUT2D eigenvalue weighted by atomic mass is 16.3. The molecule has 0 radical (unpaired) electrons. The summed E-state index contributed by atoms with van der Waals surface area (Å²) in [6.07, 6.45) is 5.98. The molecule has 1 N–H and O–H groups in total. The minimum Gasteiger partial charge on any atom is -0.464 e. The molecule has 3 heterocycles. The standard InChI is InChI=1S/C15H21N3O/c1-15(5-8-18(2)9-6-15)11-17-14-12-4-10-19-13(12)3-7-16-14/h3-4,7,10H,5-6,8-9,11H2,1-2H3,(H,16,17). The second kappa shape index (κ2) is 4.85. The van der Waals surface area contributed by atoms with E-state index in [1.807, 2.05) is 12.1 Å². The average molecular weight is 259 g/mol. The molecule has 1 aliphatic rings. The molecule has 0 aliphatic carbocycles. The van der Waals surface area contributed by atoms with E-state index in [-0.39, 0.29) is 0 Å². The molecule has 2 aromatic heterocycles. The molecule has 0 atom stereocenters. The van der Waals surface area contributed by atoms with Crippen molar-refractivity contribution < 1.29 is 4.42 Å². The molecule has 1 fully saturated rings. The fourth-order valence-electron chi connectivity index (χ4n) is 2.67. The maximum absolute atomic E-state index is 5.40. The summed E-state index contributed by atoms with van der Waals surface area (Å²) >= 11 is 0. The van der Waals surface area contributed by atoms with Gasteiger partial charge in [-0.25, -0.2) is 4.98 Å². The lowest BCUT2D eigenvalue weighted by atomic mass is 9.80. The summed E-state index contributed by atoms with van der Waals surface area (Å²) in [7, 11) is 2.20. The molecule has 4 heteroatoms. The van der Waals surface area contributed by atoms with Crippen LogP contribution in [-0.2, 0) is 0 Å². The van der Waals surface area contributed by atoms with Gasteiger partial charge < -0.3 is 14.6 Å². The van der Waals surface area contributed by atoms with E-state index in [1.165, 1.54) is 25.9 Å². The Morgan fingerprint density at radius 1 is 1.37 bits per heavy atom. The van der Waals surface area contributed by atoms with Gasteiger partial charge in [0.05, 0.1) is 11.6 Å². The van der Waals surface area contributed by atoms with Crippen LogP contribution < -0.4 is 5.32 Å². The number of aromatic nitrogens is 1. The second-order valence-electron chi connectivity index (χ2n) is 5.96. The van der Waals surface area contributed by atoms with Crippen LogP contribution in [0.25, 0.3) is 11.0 Å². The summed E-state index contributed by atoms with van der Waals surface area (Å²) in [4.78, 5) is 6.83. The number of pyridine rings is 1. The fraction of sp³-hybridized carbons (Fsp3) is 0.533. The van der Waals surface area contributed by atoms with E-state index in [4.69, 9.17) is 4.42 Å². The first-order valence-electron chi connectivity index (χ1n) is 6.91. The third-order valence-electron chi connectivity index (χ3n) is 4.26. The first-order valence-corrected chi connectivity index (χ1v) is 6.91. The molecule has 0 saturated carbocycles. The normalized spacial score (nSPS) is 19.7. The summed E-state index contributed by atoms with van der Waals surface area (Å²) in [6.45, 7) is 5.70. The quantitative estimate of drug-likeness (QED) is 0.920. The highest BCUT2D eigenvalue weighted by molar-refractivity contribution is 5.87. The van der Waals surface area contributed by atoms with Crippen LogP contribution in [0.1, 0.15) is 19.8 Å². The van der Waals surface area contributed by atoms with Crippen molar-refractivity contribution in [2.75, 3.05) is 32.0 Å². The molecular weight excluding hydrogens is 238 g/mol. The number of nitrogens with one attached hydrogen (secondary N) is 1. The summed E-state index contributed by atoms with van der Waals surface area (Å²) in [5, 5.41) is 4.58. The summed E-state index contributed by atoms with van der Waals surface area (Å²) < 4.78 is 5.40. The molecule has 0 spiro atoms. The van der Waals surface area contributed by atoms with Gasteiger partial charge in [-0.05, 0) is 50.5 Å². The molecule has 0 bridgehead atoms. The zero-order valence-corrected chi connectivity index (χ0v) is 11.6. The third-order valence-corrected chi connectivity index (χ3v) is 4.26. The largest absolute Gasteiger partial charge is 0.464 e. The molecule has 0 aromatic carbocycles. The highest BCUT2D eigenvalue weighted by Crippen LogP contribution is 2.31. The van der Waals surface area contributed by atoms with E-state index in [9.17, 15) is 0 Å².